The lowest BCUT2D eigenvalue weighted by Gasteiger charge is -2.14. The highest BCUT2D eigenvalue weighted by Gasteiger charge is 2.35. The number of hydrogen-bond donors (Lipinski definition) is 2. The molecule has 0 aliphatic rings. The molecule has 3 N–H and O–H groups in total. The van der Waals surface area contributed by atoms with Crippen LogP contribution in [-0.4, -0.2) is 20.6 Å². The average Bonchev–Trinajstić information content (AvgIpc) is 2.78. The number of halogens is 6. The highest BCUT2D eigenvalue weighted by Crippen LogP contribution is 2.34. The van der Waals surface area contributed by atoms with Crippen LogP contribution in [0.3, 0.4) is 0 Å². The number of aliphatic imine (C=N–C) groups is 1. The Bertz CT molecular complexity index is 1270. The molecule has 0 aromatic heterocycles. The summed E-state index contributed by atoms with van der Waals surface area (Å²) in [6.07, 6.45) is -9.44. The summed E-state index contributed by atoms with van der Waals surface area (Å²) in [5.74, 6) is 0. The van der Waals surface area contributed by atoms with Crippen LogP contribution in [0.2, 0.25) is 0 Å². The third-order valence-electron chi connectivity index (χ3n) is 4.61. The van der Waals surface area contributed by atoms with Crippen molar-refractivity contribution >= 4 is 22.5 Å². The Balaban J connectivity index is 2.10. The second kappa shape index (κ2) is 9.82. The molecular weight excluding hydrogens is 482 g/mol. The fourth-order valence-corrected chi connectivity index (χ4v) is 3.43. The van der Waals surface area contributed by atoms with E-state index in [-0.39, 0.29) is 10.6 Å². The Morgan fingerprint density at radius 1 is 0.882 bits per heavy atom. The van der Waals surface area contributed by atoms with Crippen molar-refractivity contribution in [1.29, 1.82) is 0 Å². The van der Waals surface area contributed by atoms with Crippen molar-refractivity contribution in [3.8, 4) is 11.1 Å². The molecule has 0 saturated carbocycles. The van der Waals surface area contributed by atoms with Crippen LogP contribution in [0.15, 0.2) is 94.5 Å². The van der Waals surface area contributed by atoms with Crippen molar-refractivity contribution in [3.63, 3.8) is 0 Å². The molecule has 0 spiro atoms. The van der Waals surface area contributed by atoms with Gasteiger partial charge in [-0.2, -0.15) is 26.3 Å². The van der Waals surface area contributed by atoms with Crippen molar-refractivity contribution in [2.75, 3.05) is 0 Å². The maximum atomic E-state index is 13.5. The standard InChI is InChI=1S/C23H16F6N2O2S/c24-22(25,26)19-7-2-1-6-18(19)20(13-21(30)23(27,28)29)31-16-10-8-14(9-11-16)15-4-3-5-17(12-15)34(32)33/h1-13H,30H2,(H,32,33)/b21-13-,31-20?. The van der Waals surface area contributed by atoms with Gasteiger partial charge >= 0.3 is 12.4 Å². The molecule has 3 aromatic rings. The predicted octanol–water partition coefficient (Wildman–Crippen LogP) is 6.48. The number of alkyl halides is 6. The molecule has 0 heterocycles. The summed E-state index contributed by atoms with van der Waals surface area (Å²) < 4.78 is 100.0. The van der Waals surface area contributed by atoms with E-state index in [2.05, 4.69) is 4.99 Å². The number of allylic oxidation sites excluding steroid dienone is 2. The maximum Gasteiger partial charge on any atom is 0.430 e. The van der Waals surface area contributed by atoms with E-state index in [9.17, 15) is 35.1 Å². The summed E-state index contributed by atoms with van der Waals surface area (Å²) in [7, 11) is 0. The van der Waals surface area contributed by atoms with Crippen molar-refractivity contribution in [2.45, 2.75) is 17.2 Å². The zero-order chi connectivity index (χ0) is 25.1. The Morgan fingerprint density at radius 3 is 2.12 bits per heavy atom. The van der Waals surface area contributed by atoms with Gasteiger partial charge < -0.3 is 10.3 Å². The van der Waals surface area contributed by atoms with E-state index in [1.54, 1.807) is 12.1 Å². The third-order valence-corrected chi connectivity index (χ3v) is 5.27. The number of nitrogens with two attached hydrogens (primary N) is 1. The quantitative estimate of drug-likeness (QED) is 0.240. The molecule has 0 fully saturated rings. The Morgan fingerprint density at radius 2 is 1.53 bits per heavy atom. The molecule has 0 radical (unpaired) electrons. The molecule has 0 aliphatic carbocycles. The second-order valence-electron chi connectivity index (χ2n) is 6.96. The summed E-state index contributed by atoms with van der Waals surface area (Å²) in [5.41, 5.74) is 2.37. The van der Waals surface area contributed by atoms with Gasteiger partial charge in [0.05, 0.1) is 21.9 Å². The van der Waals surface area contributed by atoms with Gasteiger partial charge in [-0.1, -0.05) is 42.5 Å². The van der Waals surface area contributed by atoms with E-state index in [0.29, 0.717) is 17.2 Å². The number of hydrogen-bond acceptors (Lipinski definition) is 3. The highest BCUT2D eigenvalue weighted by molar-refractivity contribution is 7.79. The molecule has 0 amide bonds. The van der Waals surface area contributed by atoms with E-state index in [1.807, 2.05) is 0 Å². The first-order valence-electron chi connectivity index (χ1n) is 9.47. The van der Waals surface area contributed by atoms with Crippen LogP contribution in [0.4, 0.5) is 32.0 Å². The number of nitrogens with zero attached hydrogens (tertiary/aromatic N) is 1. The number of benzene rings is 3. The molecule has 4 nitrogen and oxygen atoms in total. The van der Waals surface area contributed by atoms with Crippen molar-refractivity contribution in [3.05, 3.63) is 95.7 Å². The van der Waals surface area contributed by atoms with Crippen molar-refractivity contribution < 1.29 is 35.1 Å². The van der Waals surface area contributed by atoms with E-state index in [1.165, 1.54) is 42.5 Å². The lowest BCUT2D eigenvalue weighted by Crippen LogP contribution is -2.21. The first kappa shape index (κ1) is 25.2. The summed E-state index contributed by atoms with van der Waals surface area (Å²) >= 11 is -2.19. The third kappa shape index (κ3) is 6.12. The van der Waals surface area contributed by atoms with Gasteiger partial charge in [-0.3, -0.25) is 0 Å². The van der Waals surface area contributed by atoms with Crippen LogP contribution in [0.5, 0.6) is 0 Å². The van der Waals surface area contributed by atoms with Crippen LogP contribution in [0.25, 0.3) is 11.1 Å². The van der Waals surface area contributed by atoms with Gasteiger partial charge in [0.2, 0.25) is 0 Å². The van der Waals surface area contributed by atoms with Crippen LogP contribution < -0.4 is 5.73 Å². The zero-order valence-corrected chi connectivity index (χ0v) is 17.9. The van der Waals surface area contributed by atoms with Crippen LogP contribution in [0.1, 0.15) is 11.1 Å². The van der Waals surface area contributed by atoms with Crippen LogP contribution in [-0.2, 0) is 17.3 Å². The Hall–Kier alpha value is -3.44. The monoisotopic (exact) mass is 498 g/mol. The maximum absolute atomic E-state index is 13.5. The molecule has 0 saturated heterocycles. The van der Waals surface area contributed by atoms with Crippen LogP contribution in [0, 0.1) is 0 Å². The van der Waals surface area contributed by atoms with E-state index < -0.39 is 46.0 Å². The fourth-order valence-electron chi connectivity index (χ4n) is 3.00. The number of rotatable bonds is 5. The Kier molecular flexibility index (Phi) is 7.27. The van der Waals surface area contributed by atoms with Crippen LogP contribution >= 0.6 is 0 Å². The molecule has 11 heteroatoms. The SMILES string of the molecule is N/C(=C\C(=Nc1ccc(-c2cccc(S(=O)O)c2)cc1)c1ccccc1C(F)(F)F)C(F)(F)F. The van der Waals surface area contributed by atoms with Gasteiger partial charge in [0.25, 0.3) is 0 Å². The second-order valence-corrected chi connectivity index (χ2v) is 7.93. The van der Waals surface area contributed by atoms with Gasteiger partial charge in [-0.15, -0.1) is 0 Å². The largest absolute Gasteiger partial charge is 0.430 e. The first-order valence-corrected chi connectivity index (χ1v) is 10.6. The minimum Gasteiger partial charge on any atom is -0.395 e. The van der Waals surface area contributed by atoms with Crippen molar-refractivity contribution in [1.82, 2.24) is 0 Å². The van der Waals surface area contributed by atoms with Gasteiger partial charge in [0.1, 0.15) is 5.70 Å². The van der Waals surface area contributed by atoms with Gasteiger partial charge in [-0.05, 0) is 47.5 Å². The molecule has 1 unspecified atom stereocenters. The lowest BCUT2D eigenvalue weighted by atomic mass is 10.0. The molecule has 0 bridgehead atoms. The van der Waals surface area contributed by atoms with Gasteiger partial charge in [-0.25, -0.2) is 9.20 Å². The Labute approximate surface area is 192 Å². The lowest BCUT2D eigenvalue weighted by molar-refractivity contribution is -0.137. The molecule has 178 valence electrons. The molecular formula is C23H16F6N2O2S. The molecule has 3 aromatic carbocycles. The summed E-state index contributed by atoms with van der Waals surface area (Å²) in [6, 6.07) is 16.1. The normalized spacial score (nSPS) is 14.2. The summed E-state index contributed by atoms with van der Waals surface area (Å²) in [4.78, 5) is 4.17. The fraction of sp³-hybridized carbons (Fsp3) is 0.0870. The van der Waals surface area contributed by atoms with Gasteiger partial charge in [0, 0.05) is 5.56 Å². The first-order chi connectivity index (χ1) is 15.9. The van der Waals surface area contributed by atoms with E-state index in [0.717, 1.165) is 18.2 Å². The summed E-state index contributed by atoms with van der Waals surface area (Å²) in [6.45, 7) is 0. The smallest absolute Gasteiger partial charge is 0.395 e. The highest BCUT2D eigenvalue weighted by atomic mass is 32.2. The average molecular weight is 498 g/mol. The molecule has 3 rings (SSSR count). The van der Waals surface area contributed by atoms with Crippen molar-refractivity contribution in [2.24, 2.45) is 10.7 Å². The minimum atomic E-state index is -4.96. The molecule has 0 aliphatic heterocycles. The van der Waals surface area contributed by atoms with E-state index >= 15 is 0 Å². The minimum absolute atomic E-state index is 0.0730. The molecule has 34 heavy (non-hydrogen) atoms. The molecule has 1 atom stereocenters. The predicted molar refractivity (Wildman–Crippen MR) is 117 cm³/mol. The summed E-state index contributed by atoms with van der Waals surface area (Å²) in [5, 5.41) is 0. The van der Waals surface area contributed by atoms with Gasteiger partial charge in [0.15, 0.2) is 11.1 Å². The topological polar surface area (TPSA) is 75.7 Å². The van der Waals surface area contributed by atoms with E-state index in [4.69, 9.17) is 5.73 Å². The zero-order valence-electron chi connectivity index (χ0n) is 17.1.